The van der Waals surface area contributed by atoms with Gasteiger partial charge >= 0.3 is 0 Å². The maximum atomic E-state index is 6.78. The number of hydrogen-bond acceptors (Lipinski definition) is 6. The van der Waals surface area contributed by atoms with E-state index in [-0.39, 0.29) is 0 Å². The first-order chi connectivity index (χ1) is 22.1. The van der Waals surface area contributed by atoms with Crippen molar-refractivity contribution in [2.24, 2.45) is 0 Å². The van der Waals surface area contributed by atoms with Crippen molar-refractivity contribution in [3.8, 4) is 34.2 Å². The van der Waals surface area contributed by atoms with Gasteiger partial charge in [-0.05, 0) is 55.0 Å². The zero-order valence-electron chi connectivity index (χ0n) is 24.4. The largest absolute Gasteiger partial charge is 0.455 e. The first-order valence-corrected chi connectivity index (χ1v) is 16.6. The normalized spacial score (nSPS) is 12.2. The molecule has 10 aromatic rings. The highest BCUT2D eigenvalue weighted by Gasteiger charge is 2.24. The highest BCUT2D eigenvalue weighted by atomic mass is 32.1. The van der Waals surface area contributed by atoms with Crippen LogP contribution < -0.4 is 0 Å². The number of furan rings is 1. The smallest absolute Gasteiger partial charge is 0.167 e. The molecule has 0 amide bonds. The molecule has 0 saturated carbocycles. The highest BCUT2D eigenvalue weighted by molar-refractivity contribution is 7.29. The van der Waals surface area contributed by atoms with Crippen LogP contribution in [0.1, 0.15) is 11.1 Å². The van der Waals surface area contributed by atoms with Gasteiger partial charge in [-0.2, -0.15) is 0 Å². The lowest BCUT2D eigenvalue weighted by atomic mass is 10.0. The molecule has 0 N–H and O–H groups in total. The van der Waals surface area contributed by atoms with Crippen molar-refractivity contribution in [1.29, 1.82) is 0 Å². The van der Waals surface area contributed by atoms with Crippen LogP contribution in [0.2, 0.25) is 0 Å². The van der Waals surface area contributed by atoms with E-state index < -0.39 is 0 Å². The topological polar surface area (TPSA) is 51.8 Å². The van der Waals surface area contributed by atoms with Gasteiger partial charge in [0.2, 0.25) is 0 Å². The summed E-state index contributed by atoms with van der Waals surface area (Å²) in [5.41, 5.74) is 6.86. The number of benzene rings is 6. The number of aromatic nitrogens is 3. The van der Waals surface area contributed by atoms with Gasteiger partial charge in [0, 0.05) is 51.5 Å². The number of thiophene rings is 1. The summed E-state index contributed by atoms with van der Waals surface area (Å²) in [6.45, 7) is 4.17. The van der Waals surface area contributed by atoms with E-state index in [4.69, 9.17) is 19.4 Å². The van der Waals surface area contributed by atoms with Crippen molar-refractivity contribution in [1.82, 2.24) is 15.0 Å². The van der Waals surface area contributed by atoms with Crippen LogP contribution in [-0.4, -0.2) is 15.0 Å². The zero-order valence-corrected chi connectivity index (χ0v) is 26.0. The first kappa shape index (κ1) is 25.2. The monoisotopic (exact) mass is 613 g/mol. The Morgan fingerprint density at radius 1 is 0.533 bits per heavy atom. The fraction of sp³-hybridized carbons (Fsp3) is 0.0513. The Bertz CT molecular complexity index is 2700. The van der Waals surface area contributed by atoms with Gasteiger partial charge in [-0.15, -0.1) is 22.7 Å². The van der Waals surface area contributed by atoms with E-state index in [1.807, 2.05) is 22.7 Å². The Morgan fingerprint density at radius 2 is 1.18 bits per heavy atom. The van der Waals surface area contributed by atoms with Crippen LogP contribution in [0.25, 0.3) is 96.4 Å². The van der Waals surface area contributed by atoms with Crippen molar-refractivity contribution in [3.05, 3.63) is 114 Å². The van der Waals surface area contributed by atoms with E-state index >= 15 is 0 Å². The van der Waals surface area contributed by atoms with E-state index in [9.17, 15) is 0 Å². The Kier molecular flexibility index (Phi) is 5.13. The lowest BCUT2D eigenvalue weighted by Gasteiger charge is -2.09. The van der Waals surface area contributed by atoms with Crippen LogP contribution in [0, 0.1) is 13.8 Å². The van der Waals surface area contributed by atoms with Gasteiger partial charge in [0.15, 0.2) is 17.5 Å². The molecule has 0 fully saturated rings. The van der Waals surface area contributed by atoms with E-state index in [1.54, 1.807) is 0 Å². The molecular weight excluding hydrogens is 591 g/mol. The highest BCUT2D eigenvalue weighted by Crippen LogP contribution is 2.51. The number of aryl methyl sites for hydroxylation is 2. The summed E-state index contributed by atoms with van der Waals surface area (Å²) in [4.78, 5) is 15.1. The molecular formula is C39H23N3OS2. The Morgan fingerprint density at radius 3 is 1.91 bits per heavy atom. The van der Waals surface area contributed by atoms with Gasteiger partial charge < -0.3 is 4.42 Å². The van der Waals surface area contributed by atoms with Crippen LogP contribution in [-0.2, 0) is 0 Å². The van der Waals surface area contributed by atoms with Crippen molar-refractivity contribution in [3.63, 3.8) is 0 Å². The number of rotatable bonds is 3. The van der Waals surface area contributed by atoms with Crippen molar-refractivity contribution in [2.75, 3.05) is 0 Å². The molecule has 4 heterocycles. The zero-order chi connectivity index (χ0) is 29.8. The molecule has 4 aromatic heterocycles. The third kappa shape index (κ3) is 3.67. The number of fused-ring (bicyclic) bond motifs is 2. The molecule has 0 aliphatic rings. The first-order valence-electron chi connectivity index (χ1n) is 14.9. The molecule has 10 rings (SSSR count). The van der Waals surface area contributed by atoms with Crippen LogP contribution in [0.4, 0.5) is 0 Å². The summed E-state index contributed by atoms with van der Waals surface area (Å²) in [6, 6.07) is 36.4. The summed E-state index contributed by atoms with van der Waals surface area (Å²) < 4.78 is 11.9. The third-order valence-electron chi connectivity index (χ3n) is 8.85. The van der Waals surface area contributed by atoms with Gasteiger partial charge in [-0.1, -0.05) is 83.9 Å². The Hall–Kier alpha value is -5.17. The van der Waals surface area contributed by atoms with Gasteiger partial charge in [0.25, 0.3) is 0 Å². The van der Waals surface area contributed by atoms with Gasteiger partial charge in [0.05, 0.1) is 5.56 Å². The van der Waals surface area contributed by atoms with Crippen LogP contribution in [0.5, 0.6) is 0 Å². The summed E-state index contributed by atoms with van der Waals surface area (Å²) in [6.07, 6.45) is 0. The molecule has 212 valence electrons. The Balaban J connectivity index is 1.31. The van der Waals surface area contributed by atoms with Gasteiger partial charge in [0.1, 0.15) is 11.2 Å². The second kappa shape index (κ2) is 9.17. The summed E-state index contributed by atoms with van der Waals surface area (Å²) in [5.74, 6) is 1.89. The second-order valence-corrected chi connectivity index (χ2v) is 13.9. The number of nitrogens with zero attached hydrogens (tertiary/aromatic N) is 3. The maximum Gasteiger partial charge on any atom is 0.167 e. The molecule has 0 saturated heterocycles. The third-order valence-corrected chi connectivity index (χ3v) is 11.1. The molecule has 0 aliphatic heterocycles. The fourth-order valence-electron chi connectivity index (χ4n) is 6.61. The molecule has 0 atom stereocenters. The van der Waals surface area contributed by atoms with E-state index in [2.05, 4.69) is 117 Å². The van der Waals surface area contributed by atoms with Gasteiger partial charge in [-0.25, -0.2) is 15.0 Å². The van der Waals surface area contributed by atoms with Crippen LogP contribution >= 0.6 is 22.7 Å². The quantitative estimate of drug-likeness (QED) is 0.199. The van der Waals surface area contributed by atoms with Crippen LogP contribution in [0.15, 0.2) is 108 Å². The molecule has 45 heavy (non-hydrogen) atoms. The molecule has 0 aliphatic carbocycles. The summed E-state index contributed by atoms with van der Waals surface area (Å²) in [7, 11) is 0. The minimum atomic E-state index is 0.602. The van der Waals surface area contributed by atoms with E-state index in [0.717, 1.165) is 33.2 Å². The molecule has 0 spiro atoms. The molecule has 0 bridgehead atoms. The molecule has 6 aromatic carbocycles. The molecule has 0 radical (unpaired) electrons. The van der Waals surface area contributed by atoms with Gasteiger partial charge in [-0.3, -0.25) is 0 Å². The predicted molar refractivity (Wildman–Crippen MR) is 190 cm³/mol. The lowest BCUT2D eigenvalue weighted by molar-refractivity contribution is 0.670. The average molecular weight is 614 g/mol. The second-order valence-electron chi connectivity index (χ2n) is 11.8. The maximum absolute atomic E-state index is 6.78. The lowest BCUT2D eigenvalue weighted by Crippen LogP contribution is -2.00. The summed E-state index contributed by atoms with van der Waals surface area (Å²) >= 11 is 3.70. The average Bonchev–Trinajstić information content (AvgIpc) is 3.58. The van der Waals surface area contributed by atoms with Crippen molar-refractivity contribution < 1.29 is 4.42 Å². The van der Waals surface area contributed by atoms with Crippen LogP contribution in [0.3, 0.4) is 0 Å². The van der Waals surface area contributed by atoms with Crippen molar-refractivity contribution in [2.45, 2.75) is 13.8 Å². The summed E-state index contributed by atoms with van der Waals surface area (Å²) in [5, 5.41) is 7.48. The number of hydrogen-bond donors (Lipinski definition) is 0. The van der Waals surface area contributed by atoms with E-state index in [0.29, 0.717) is 17.5 Å². The van der Waals surface area contributed by atoms with E-state index in [1.165, 1.54) is 56.9 Å². The fourth-order valence-corrected chi connectivity index (χ4v) is 9.11. The molecule has 4 nitrogen and oxygen atoms in total. The van der Waals surface area contributed by atoms with Crippen molar-refractivity contribution >= 4 is 85.0 Å². The molecule has 0 unspecified atom stereocenters. The SMILES string of the molecule is Cc1ccc(-c2nc(-c3ccc(C)cc3)nc(-c3ccc4sc5c6ccccc6cc6sc7ccc8oc3c4c8c7c65)n2)cc1. The predicted octanol–water partition coefficient (Wildman–Crippen LogP) is 11.6. The minimum Gasteiger partial charge on any atom is -0.455 e. The minimum absolute atomic E-state index is 0.602. The Labute approximate surface area is 265 Å². The molecule has 6 heteroatoms. The standard InChI is InChI=1S/C39H23N3OS2/c1-20-7-11-22(12-8-20)37-40-38(23-13-9-21(2)10-14-23)42-39(41-37)26-15-17-29-33-31-27(43-35(26)33)16-18-28-32(31)34-30(44-28)19-24-5-3-4-6-25(24)36(34)45-29/h3-19H,1-2H3.